The van der Waals surface area contributed by atoms with Gasteiger partial charge in [0.2, 0.25) is 0 Å². The summed E-state index contributed by atoms with van der Waals surface area (Å²) >= 11 is 0. The Hall–Kier alpha value is -2.14. The van der Waals surface area contributed by atoms with E-state index >= 15 is 0 Å². The second-order valence-electron chi connectivity index (χ2n) is 8.08. The number of aryl methyl sites for hydroxylation is 1. The normalized spacial score (nSPS) is 15.6. The van der Waals surface area contributed by atoms with Crippen LogP contribution in [0.1, 0.15) is 74.1 Å². The Morgan fingerprint density at radius 3 is 2.59 bits per heavy atom. The Bertz CT molecular complexity index is 700. The van der Waals surface area contributed by atoms with Crippen LogP contribution in [0.25, 0.3) is 0 Å². The number of amides is 1. The van der Waals surface area contributed by atoms with Crippen LogP contribution in [0.4, 0.5) is 0 Å². The number of nitrogens with one attached hydrogen (secondary N) is 3. The number of imidazole rings is 1. The van der Waals surface area contributed by atoms with Crippen LogP contribution in [-0.2, 0) is 12.0 Å². The summed E-state index contributed by atoms with van der Waals surface area (Å²) in [5.74, 6) is 1.08. The molecule has 0 spiro atoms. The summed E-state index contributed by atoms with van der Waals surface area (Å²) in [6, 6.07) is 8.36. The summed E-state index contributed by atoms with van der Waals surface area (Å²) in [5.41, 5.74) is 1.80. The smallest absolute Gasteiger partial charge is 0.251 e. The van der Waals surface area contributed by atoms with Crippen LogP contribution in [0.15, 0.2) is 36.7 Å². The summed E-state index contributed by atoms with van der Waals surface area (Å²) in [6.45, 7) is 5.27. The molecule has 3 rings (SSSR count). The molecule has 1 aromatic heterocycles. The average molecular weight is 369 g/mol. The third kappa shape index (κ3) is 5.67. The van der Waals surface area contributed by atoms with Crippen molar-refractivity contribution in [3.05, 3.63) is 53.6 Å². The van der Waals surface area contributed by atoms with E-state index < -0.39 is 0 Å². The van der Waals surface area contributed by atoms with Gasteiger partial charge in [-0.1, -0.05) is 31.4 Å². The standard InChI is InChI=1S/C22H32N4O/c1-22(2,25-14-6-9-20-23-15-16-24-20)18-12-10-17(11-13-18)21(27)26-19-7-4-3-5-8-19/h10-13,15-16,19,25H,3-9,14H2,1-2H3,(H,23,24)(H,26,27). The molecule has 0 unspecified atom stereocenters. The van der Waals surface area contributed by atoms with Crippen molar-refractivity contribution in [2.75, 3.05) is 6.54 Å². The fraction of sp³-hybridized carbons (Fsp3) is 0.545. The number of H-pyrrole nitrogens is 1. The monoisotopic (exact) mass is 368 g/mol. The molecule has 0 atom stereocenters. The van der Waals surface area contributed by atoms with Gasteiger partial charge in [-0.3, -0.25) is 4.79 Å². The van der Waals surface area contributed by atoms with E-state index in [-0.39, 0.29) is 11.4 Å². The zero-order valence-corrected chi connectivity index (χ0v) is 16.6. The van der Waals surface area contributed by atoms with Crippen LogP contribution < -0.4 is 10.6 Å². The van der Waals surface area contributed by atoms with E-state index in [0.29, 0.717) is 6.04 Å². The summed E-state index contributed by atoms with van der Waals surface area (Å²) in [4.78, 5) is 19.9. The van der Waals surface area contributed by atoms with Gasteiger partial charge in [0.1, 0.15) is 5.82 Å². The van der Waals surface area contributed by atoms with Gasteiger partial charge in [0.25, 0.3) is 5.91 Å². The molecule has 146 valence electrons. The lowest BCUT2D eigenvalue weighted by Gasteiger charge is -2.27. The Labute approximate surface area is 162 Å². The minimum Gasteiger partial charge on any atom is -0.349 e. The van der Waals surface area contributed by atoms with Crippen molar-refractivity contribution in [1.29, 1.82) is 0 Å². The summed E-state index contributed by atoms with van der Waals surface area (Å²) < 4.78 is 0. The molecule has 1 fully saturated rings. The van der Waals surface area contributed by atoms with E-state index in [4.69, 9.17) is 0 Å². The highest BCUT2D eigenvalue weighted by Gasteiger charge is 2.21. The number of hydrogen-bond donors (Lipinski definition) is 3. The van der Waals surface area contributed by atoms with Crippen LogP contribution in [-0.4, -0.2) is 28.5 Å². The minimum absolute atomic E-state index is 0.0534. The maximum Gasteiger partial charge on any atom is 0.251 e. The number of carbonyl (C=O) groups is 1. The molecule has 1 amide bonds. The maximum atomic E-state index is 12.5. The second kappa shape index (κ2) is 9.18. The van der Waals surface area contributed by atoms with Gasteiger partial charge in [-0.25, -0.2) is 4.98 Å². The van der Waals surface area contributed by atoms with Gasteiger partial charge >= 0.3 is 0 Å². The predicted octanol–water partition coefficient (Wildman–Crippen LogP) is 3.93. The SMILES string of the molecule is CC(C)(NCCCc1ncc[nH]1)c1ccc(C(=O)NC2CCCCC2)cc1. The molecule has 3 N–H and O–H groups in total. The van der Waals surface area contributed by atoms with Crippen molar-refractivity contribution < 1.29 is 4.79 Å². The van der Waals surface area contributed by atoms with Crippen molar-refractivity contribution in [2.45, 2.75) is 70.4 Å². The number of rotatable bonds is 8. The molecule has 2 aromatic rings. The van der Waals surface area contributed by atoms with Gasteiger partial charge in [-0.2, -0.15) is 0 Å². The van der Waals surface area contributed by atoms with E-state index in [0.717, 1.165) is 43.6 Å². The molecule has 1 aliphatic rings. The number of aromatic nitrogens is 2. The lowest BCUT2D eigenvalue weighted by atomic mass is 9.92. The highest BCUT2D eigenvalue weighted by Crippen LogP contribution is 2.21. The summed E-state index contributed by atoms with van der Waals surface area (Å²) in [7, 11) is 0. The number of benzene rings is 1. The molecule has 0 bridgehead atoms. The van der Waals surface area contributed by atoms with Gasteiger partial charge in [-0.15, -0.1) is 0 Å². The Kier molecular flexibility index (Phi) is 6.67. The van der Waals surface area contributed by atoms with Gasteiger partial charge in [0, 0.05) is 36.0 Å². The van der Waals surface area contributed by atoms with Gasteiger partial charge < -0.3 is 15.6 Å². The van der Waals surface area contributed by atoms with Crippen LogP contribution in [0.3, 0.4) is 0 Å². The lowest BCUT2D eigenvalue weighted by molar-refractivity contribution is 0.0927. The first-order chi connectivity index (χ1) is 13.0. The summed E-state index contributed by atoms with van der Waals surface area (Å²) in [6.07, 6.45) is 11.6. The predicted molar refractivity (Wildman–Crippen MR) is 109 cm³/mol. The Balaban J connectivity index is 1.49. The zero-order valence-electron chi connectivity index (χ0n) is 16.6. The molecule has 27 heavy (non-hydrogen) atoms. The van der Waals surface area contributed by atoms with Crippen molar-refractivity contribution in [3.8, 4) is 0 Å². The average Bonchev–Trinajstić information content (AvgIpc) is 3.20. The molecule has 0 saturated heterocycles. The molecule has 1 aromatic carbocycles. The second-order valence-corrected chi connectivity index (χ2v) is 8.08. The van der Waals surface area contributed by atoms with Crippen molar-refractivity contribution in [3.63, 3.8) is 0 Å². The van der Waals surface area contributed by atoms with E-state index in [1.165, 1.54) is 24.8 Å². The molecule has 1 saturated carbocycles. The first-order valence-corrected chi connectivity index (χ1v) is 10.2. The Morgan fingerprint density at radius 1 is 1.19 bits per heavy atom. The van der Waals surface area contributed by atoms with E-state index in [9.17, 15) is 4.79 Å². The largest absolute Gasteiger partial charge is 0.349 e. The van der Waals surface area contributed by atoms with E-state index in [2.05, 4.69) is 46.6 Å². The molecule has 0 radical (unpaired) electrons. The van der Waals surface area contributed by atoms with E-state index in [1.54, 1.807) is 6.20 Å². The number of hydrogen-bond acceptors (Lipinski definition) is 3. The maximum absolute atomic E-state index is 12.5. The third-order valence-corrected chi connectivity index (χ3v) is 5.52. The van der Waals surface area contributed by atoms with Crippen LogP contribution >= 0.6 is 0 Å². The van der Waals surface area contributed by atoms with Crippen molar-refractivity contribution in [1.82, 2.24) is 20.6 Å². The number of aromatic amines is 1. The highest BCUT2D eigenvalue weighted by atomic mass is 16.1. The molecule has 0 aliphatic heterocycles. The number of carbonyl (C=O) groups excluding carboxylic acids is 1. The molecule has 1 heterocycles. The molecule has 1 aliphatic carbocycles. The Morgan fingerprint density at radius 2 is 1.93 bits per heavy atom. The highest BCUT2D eigenvalue weighted by molar-refractivity contribution is 5.94. The fourth-order valence-electron chi connectivity index (χ4n) is 3.75. The van der Waals surface area contributed by atoms with Crippen molar-refractivity contribution >= 4 is 5.91 Å². The molecular formula is C22H32N4O. The van der Waals surface area contributed by atoms with Crippen LogP contribution in [0, 0.1) is 0 Å². The summed E-state index contributed by atoms with van der Waals surface area (Å²) in [5, 5.41) is 6.80. The van der Waals surface area contributed by atoms with E-state index in [1.807, 2.05) is 18.3 Å². The molecule has 5 nitrogen and oxygen atoms in total. The van der Waals surface area contributed by atoms with Gasteiger partial charge in [0.05, 0.1) is 0 Å². The number of nitrogens with zero attached hydrogens (tertiary/aromatic N) is 1. The van der Waals surface area contributed by atoms with Gasteiger partial charge in [-0.05, 0) is 57.4 Å². The minimum atomic E-state index is -0.137. The fourth-order valence-corrected chi connectivity index (χ4v) is 3.75. The zero-order chi connectivity index (χ0) is 19.1. The molecular weight excluding hydrogens is 336 g/mol. The lowest BCUT2D eigenvalue weighted by Crippen LogP contribution is -2.38. The van der Waals surface area contributed by atoms with Crippen molar-refractivity contribution in [2.24, 2.45) is 0 Å². The quantitative estimate of drug-likeness (QED) is 0.618. The van der Waals surface area contributed by atoms with Gasteiger partial charge in [0.15, 0.2) is 0 Å². The first-order valence-electron chi connectivity index (χ1n) is 10.2. The third-order valence-electron chi connectivity index (χ3n) is 5.52. The topological polar surface area (TPSA) is 69.8 Å². The van der Waals surface area contributed by atoms with Crippen LogP contribution in [0.5, 0.6) is 0 Å². The first kappa shape index (κ1) is 19.6. The van der Waals surface area contributed by atoms with Crippen LogP contribution in [0.2, 0.25) is 0 Å². The molecule has 5 heteroatoms.